The molecule has 136 valence electrons. The van der Waals surface area contributed by atoms with E-state index >= 15 is 0 Å². The molecule has 0 saturated carbocycles. The highest BCUT2D eigenvalue weighted by Gasteiger charge is 2.47. The van der Waals surface area contributed by atoms with Crippen molar-refractivity contribution in [3.63, 3.8) is 0 Å². The molecular weight excluding hydrogens is 314 g/mol. The summed E-state index contributed by atoms with van der Waals surface area (Å²) in [4.78, 5) is 1.45. The molecule has 0 aromatic rings. The van der Waals surface area contributed by atoms with Gasteiger partial charge in [0.2, 0.25) is 0 Å². The molecular formula is C13H25NO9. The molecule has 10 heteroatoms. The van der Waals surface area contributed by atoms with Gasteiger partial charge in [0, 0.05) is 20.2 Å². The molecule has 1 unspecified atom stereocenters. The molecule has 0 aliphatic carbocycles. The molecule has 2 aliphatic rings. The fourth-order valence-corrected chi connectivity index (χ4v) is 3.08. The summed E-state index contributed by atoms with van der Waals surface area (Å²) >= 11 is 0. The third-order valence-electron chi connectivity index (χ3n) is 4.53. The SMILES string of the molecule is CO[C@H]1O[C@H](CN2C[C@H](O)[C@@H](O)[C@H](O)C2CO)[C@@H](O)[C@H](O)[C@H]1O. The van der Waals surface area contributed by atoms with Gasteiger partial charge in [-0.05, 0) is 0 Å². The van der Waals surface area contributed by atoms with Gasteiger partial charge in [-0.2, -0.15) is 0 Å². The van der Waals surface area contributed by atoms with Gasteiger partial charge in [-0.1, -0.05) is 0 Å². The number of hydrogen-bond acceptors (Lipinski definition) is 10. The normalized spacial score (nSPS) is 49.3. The van der Waals surface area contributed by atoms with Gasteiger partial charge in [0.15, 0.2) is 6.29 Å². The minimum atomic E-state index is -1.49. The van der Waals surface area contributed by atoms with Crippen LogP contribution < -0.4 is 0 Å². The summed E-state index contributed by atoms with van der Waals surface area (Å²) in [6.45, 7) is -0.601. The van der Waals surface area contributed by atoms with E-state index in [1.54, 1.807) is 0 Å². The zero-order chi connectivity index (χ0) is 17.3. The summed E-state index contributed by atoms with van der Waals surface area (Å²) in [5.74, 6) is 0. The van der Waals surface area contributed by atoms with Crippen LogP contribution in [0.15, 0.2) is 0 Å². The Kier molecular flexibility index (Phi) is 6.30. The van der Waals surface area contributed by atoms with Gasteiger partial charge in [-0.3, -0.25) is 4.90 Å². The van der Waals surface area contributed by atoms with Crippen LogP contribution in [0.1, 0.15) is 0 Å². The van der Waals surface area contributed by atoms with Crippen molar-refractivity contribution in [2.45, 2.75) is 55.1 Å². The molecule has 0 radical (unpaired) electrons. The Labute approximate surface area is 133 Å². The van der Waals surface area contributed by atoms with Crippen LogP contribution in [0, 0.1) is 0 Å². The molecule has 7 N–H and O–H groups in total. The molecule has 23 heavy (non-hydrogen) atoms. The number of aliphatic hydroxyl groups is 7. The third-order valence-corrected chi connectivity index (χ3v) is 4.53. The van der Waals surface area contributed by atoms with Gasteiger partial charge in [0.25, 0.3) is 0 Å². The van der Waals surface area contributed by atoms with E-state index in [0.717, 1.165) is 0 Å². The highest BCUT2D eigenvalue weighted by atomic mass is 16.7. The zero-order valence-corrected chi connectivity index (χ0v) is 12.7. The summed E-state index contributed by atoms with van der Waals surface area (Å²) in [5, 5.41) is 68.4. The molecule has 0 bridgehead atoms. The number of methoxy groups -OCH3 is 1. The number of nitrogens with zero attached hydrogens (tertiary/aromatic N) is 1. The fraction of sp³-hybridized carbons (Fsp3) is 1.00. The first kappa shape index (κ1) is 18.9. The van der Waals surface area contributed by atoms with Crippen LogP contribution in [0.3, 0.4) is 0 Å². The monoisotopic (exact) mass is 339 g/mol. The van der Waals surface area contributed by atoms with Gasteiger partial charge in [0.1, 0.15) is 36.6 Å². The number of rotatable bonds is 4. The van der Waals surface area contributed by atoms with Crippen molar-refractivity contribution in [3.8, 4) is 0 Å². The molecule has 0 aromatic heterocycles. The Hall–Kier alpha value is -0.400. The van der Waals surface area contributed by atoms with Crippen molar-refractivity contribution in [2.24, 2.45) is 0 Å². The standard InChI is InChI=1S/C13H25NO9/c1-22-13-12(21)11(20)10(19)7(23-13)3-14-2-6(16)9(18)8(17)5(14)4-15/h5-13,15-21H,2-4H2,1H3/t5?,6-,7+,8+,9+,10+,11-,12+,13-/m0/s1. The van der Waals surface area contributed by atoms with Crippen LogP contribution in [0.4, 0.5) is 0 Å². The maximum absolute atomic E-state index is 10.0. The van der Waals surface area contributed by atoms with Crippen molar-refractivity contribution in [2.75, 3.05) is 26.8 Å². The second-order valence-electron chi connectivity index (χ2n) is 6.00. The van der Waals surface area contributed by atoms with Gasteiger partial charge < -0.3 is 45.2 Å². The van der Waals surface area contributed by atoms with Gasteiger partial charge >= 0.3 is 0 Å². The number of aliphatic hydroxyl groups excluding tert-OH is 7. The van der Waals surface area contributed by atoms with Crippen LogP contribution in [0.2, 0.25) is 0 Å². The van der Waals surface area contributed by atoms with E-state index in [2.05, 4.69) is 0 Å². The second-order valence-corrected chi connectivity index (χ2v) is 6.00. The van der Waals surface area contributed by atoms with Crippen LogP contribution in [0.25, 0.3) is 0 Å². The minimum absolute atomic E-state index is 0.0587. The molecule has 0 aromatic carbocycles. The smallest absolute Gasteiger partial charge is 0.186 e. The highest BCUT2D eigenvalue weighted by molar-refractivity contribution is 4.97. The van der Waals surface area contributed by atoms with E-state index in [0.29, 0.717) is 0 Å². The van der Waals surface area contributed by atoms with Crippen LogP contribution in [-0.4, -0.2) is 123 Å². The maximum atomic E-state index is 10.0. The molecule has 2 fully saturated rings. The topological polar surface area (TPSA) is 163 Å². The van der Waals surface area contributed by atoms with E-state index in [1.165, 1.54) is 12.0 Å². The third kappa shape index (κ3) is 3.66. The van der Waals surface area contributed by atoms with Crippen molar-refractivity contribution < 1.29 is 45.2 Å². The number of β-amino-alcohol motifs (C(OH)–C–C–N with tert-alkyl or cyclic N) is 1. The second kappa shape index (κ2) is 7.66. The number of likely N-dealkylation sites (tertiary alicyclic amines) is 1. The van der Waals surface area contributed by atoms with Gasteiger partial charge in [-0.25, -0.2) is 0 Å². The maximum Gasteiger partial charge on any atom is 0.186 e. The number of hydrogen-bond donors (Lipinski definition) is 7. The van der Waals surface area contributed by atoms with E-state index in [4.69, 9.17) is 9.47 Å². The largest absolute Gasteiger partial charge is 0.395 e. The van der Waals surface area contributed by atoms with Crippen molar-refractivity contribution in [1.29, 1.82) is 0 Å². The number of piperidine rings is 1. The average Bonchev–Trinajstić information content (AvgIpc) is 2.53. The molecule has 2 saturated heterocycles. The zero-order valence-electron chi connectivity index (χ0n) is 12.7. The van der Waals surface area contributed by atoms with E-state index in [1.807, 2.05) is 0 Å². The van der Waals surface area contributed by atoms with Crippen molar-refractivity contribution >= 4 is 0 Å². The molecule has 0 spiro atoms. The van der Waals surface area contributed by atoms with Crippen LogP contribution in [-0.2, 0) is 9.47 Å². The predicted octanol–water partition coefficient (Wildman–Crippen LogP) is -4.80. The first-order valence-electron chi connectivity index (χ1n) is 7.43. The highest BCUT2D eigenvalue weighted by Crippen LogP contribution is 2.25. The van der Waals surface area contributed by atoms with Gasteiger partial charge in [0.05, 0.1) is 18.8 Å². The predicted molar refractivity (Wildman–Crippen MR) is 74.2 cm³/mol. The first-order chi connectivity index (χ1) is 10.8. The Morgan fingerprint density at radius 1 is 0.957 bits per heavy atom. The molecule has 0 amide bonds. The van der Waals surface area contributed by atoms with Crippen molar-refractivity contribution in [1.82, 2.24) is 4.90 Å². The Balaban J connectivity index is 2.09. The molecule has 9 atom stereocenters. The molecule has 2 aliphatic heterocycles. The fourth-order valence-electron chi connectivity index (χ4n) is 3.08. The lowest BCUT2D eigenvalue weighted by molar-refractivity contribution is -0.294. The Morgan fingerprint density at radius 3 is 2.17 bits per heavy atom. The lowest BCUT2D eigenvalue weighted by Crippen LogP contribution is -2.66. The van der Waals surface area contributed by atoms with E-state index < -0.39 is 61.7 Å². The average molecular weight is 339 g/mol. The molecule has 2 heterocycles. The summed E-state index contributed by atoms with van der Waals surface area (Å²) in [5.41, 5.74) is 0. The summed E-state index contributed by atoms with van der Waals surface area (Å²) < 4.78 is 10.3. The van der Waals surface area contributed by atoms with Crippen molar-refractivity contribution in [3.05, 3.63) is 0 Å². The Morgan fingerprint density at radius 2 is 1.61 bits per heavy atom. The summed E-state index contributed by atoms with van der Waals surface area (Å²) in [7, 11) is 1.27. The Bertz CT molecular complexity index is 384. The van der Waals surface area contributed by atoms with Crippen LogP contribution >= 0.6 is 0 Å². The van der Waals surface area contributed by atoms with E-state index in [-0.39, 0.29) is 13.1 Å². The van der Waals surface area contributed by atoms with E-state index in [9.17, 15) is 35.7 Å². The van der Waals surface area contributed by atoms with Gasteiger partial charge in [-0.15, -0.1) is 0 Å². The summed E-state index contributed by atoms with van der Waals surface area (Å²) in [6, 6.07) is -0.866. The lowest BCUT2D eigenvalue weighted by atomic mass is 9.92. The quantitative estimate of drug-likeness (QED) is 0.264. The number of ether oxygens (including phenoxy) is 2. The van der Waals surface area contributed by atoms with Crippen LogP contribution in [0.5, 0.6) is 0 Å². The molecule has 10 nitrogen and oxygen atoms in total. The lowest BCUT2D eigenvalue weighted by Gasteiger charge is -2.46. The first-order valence-corrected chi connectivity index (χ1v) is 7.43. The molecule has 2 rings (SSSR count). The minimum Gasteiger partial charge on any atom is -0.395 e. The summed E-state index contributed by atoms with van der Waals surface area (Å²) in [6.07, 6.45) is -10.5.